The third-order valence-electron chi connectivity index (χ3n) is 0.624. The molecule has 0 aromatic rings. The summed E-state index contributed by atoms with van der Waals surface area (Å²) in [7, 11) is 0. The van der Waals surface area contributed by atoms with Gasteiger partial charge < -0.3 is 5.73 Å². The molecule has 0 aromatic carbocycles. The number of nitrogens with zero attached hydrogens (tertiary/aromatic N) is 1. The Balaban J connectivity index is 3.17. The SMILES string of the molecule is C=NCC(=C)CN. The first-order valence-electron chi connectivity index (χ1n) is 2.10. The molecule has 0 saturated heterocycles. The lowest BCUT2D eigenvalue weighted by Crippen LogP contribution is -2.03. The molecule has 0 fully saturated rings. The van der Waals surface area contributed by atoms with Crippen molar-refractivity contribution < 1.29 is 0 Å². The van der Waals surface area contributed by atoms with E-state index < -0.39 is 0 Å². The predicted octanol–water partition coefficient (Wildman–Crippen LogP) is 0.202. The van der Waals surface area contributed by atoms with Gasteiger partial charge in [-0.15, -0.1) is 0 Å². The van der Waals surface area contributed by atoms with E-state index in [4.69, 9.17) is 5.73 Å². The summed E-state index contributed by atoms with van der Waals surface area (Å²) in [5.41, 5.74) is 6.10. The Morgan fingerprint density at radius 2 is 2.29 bits per heavy atom. The highest BCUT2D eigenvalue weighted by atomic mass is 14.7. The highest BCUT2D eigenvalue weighted by molar-refractivity contribution is 5.24. The summed E-state index contributed by atoms with van der Waals surface area (Å²) in [4.78, 5) is 3.58. The molecule has 2 heteroatoms. The van der Waals surface area contributed by atoms with E-state index in [2.05, 4.69) is 18.3 Å². The first kappa shape index (κ1) is 6.37. The third kappa shape index (κ3) is 3.19. The summed E-state index contributed by atoms with van der Waals surface area (Å²) < 4.78 is 0. The highest BCUT2D eigenvalue weighted by Crippen LogP contribution is 1.82. The van der Waals surface area contributed by atoms with Crippen molar-refractivity contribution in [1.29, 1.82) is 0 Å². The van der Waals surface area contributed by atoms with Crippen molar-refractivity contribution >= 4 is 6.72 Å². The second-order valence-electron chi connectivity index (χ2n) is 1.34. The third-order valence-corrected chi connectivity index (χ3v) is 0.624. The summed E-state index contributed by atoms with van der Waals surface area (Å²) in [5.74, 6) is 0. The van der Waals surface area contributed by atoms with Crippen LogP contribution in [0.4, 0.5) is 0 Å². The summed E-state index contributed by atoms with van der Waals surface area (Å²) in [5, 5.41) is 0. The van der Waals surface area contributed by atoms with Crippen LogP contribution in [0.3, 0.4) is 0 Å². The van der Waals surface area contributed by atoms with E-state index in [1.54, 1.807) is 0 Å². The number of hydrogen-bond acceptors (Lipinski definition) is 2. The van der Waals surface area contributed by atoms with E-state index in [9.17, 15) is 0 Å². The molecule has 0 atom stereocenters. The van der Waals surface area contributed by atoms with Crippen LogP contribution in [0, 0.1) is 0 Å². The second-order valence-corrected chi connectivity index (χ2v) is 1.34. The predicted molar refractivity (Wildman–Crippen MR) is 32.6 cm³/mol. The van der Waals surface area contributed by atoms with Gasteiger partial charge in [-0.1, -0.05) is 6.58 Å². The number of nitrogens with two attached hydrogens (primary N) is 1. The lowest BCUT2D eigenvalue weighted by molar-refractivity contribution is 1.05. The van der Waals surface area contributed by atoms with Gasteiger partial charge in [0.15, 0.2) is 0 Å². The van der Waals surface area contributed by atoms with Gasteiger partial charge in [0, 0.05) is 6.54 Å². The van der Waals surface area contributed by atoms with Gasteiger partial charge >= 0.3 is 0 Å². The number of rotatable bonds is 3. The molecule has 0 unspecified atom stereocenters. The van der Waals surface area contributed by atoms with Crippen LogP contribution < -0.4 is 5.73 Å². The van der Waals surface area contributed by atoms with Gasteiger partial charge in [-0.3, -0.25) is 4.99 Å². The van der Waals surface area contributed by atoms with Crippen molar-refractivity contribution in [3.05, 3.63) is 12.2 Å². The molecule has 0 heterocycles. The lowest BCUT2D eigenvalue weighted by atomic mass is 10.3. The molecule has 0 spiro atoms. The van der Waals surface area contributed by atoms with Gasteiger partial charge in [-0.2, -0.15) is 0 Å². The van der Waals surface area contributed by atoms with Crippen LogP contribution >= 0.6 is 0 Å². The van der Waals surface area contributed by atoms with E-state index in [0.29, 0.717) is 13.1 Å². The fraction of sp³-hybridized carbons (Fsp3) is 0.400. The Morgan fingerprint density at radius 1 is 1.71 bits per heavy atom. The van der Waals surface area contributed by atoms with E-state index >= 15 is 0 Å². The molecule has 7 heavy (non-hydrogen) atoms. The van der Waals surface area contributed by atoms with Crippen LogP contribution in [0.25, 0.3) is 0 Å². The van der Waals surface area contributed by atoms with E-state index in [-0.39, 0.29) is 0 Å². The molecule has 2 nitrogen and oxygen atoms in total. The zero-order valence-electron chi connectivity index (χ0n) is 4.35. The van der Waals surface area contributed by atoms with Gasteiger partial charge in [-0.05, 0) is 12.3 Å². The fourth-order valence-electron chi connectivity index (χ4n) is 0.223. The first-order chi connectivity index (χ1) is 3.31. The Kier molecular flexibility index (Phi) is 3.24. The molecule has 0 aliphatic heterocycles. The molecule has 40 valence electrons. The van der Waals surface area contributed by atoms with E-state index in [0.717, 1.165) is 5.57 Å². The van der Waals surface area contributed by atoms with Crippen molar-refractivity contribution in [1.82, 2.24) is 0 Å². The average Bonchev–Trinajstić information content (AvgIpc) is 1.68. The van der Waals surface area contributed by atoms with Crippen LogP contribution in [0.2, 0.25) is 0 Å². The fourth-order valence-corrected chi connectivity index (χ4v) is 0.223. The number of hydrogen-bond donors (Lipinski definition) is 1. The minimum absolute atomic E-state index is 0.513. The summed E-state index contributed by atoms with van der Waals surface area (Å²) in [6, 6.07) is 0. The van der Waals surface area contributed by atoms with Gasteiger partial charge in [0.2, 0.25) is 0 Å². The zero-order chi connectivity index (χ0) is 5.70. The maximum atomic E-state index is 5.17. The van der Waals surface area contributed by atoms with Crippen molar-refractivity contribution in [3.63, 3.8) is 0 Å². The highest BCUT2D eigenvalue weighted by Gasteiger charge is 1.81. The van der Waals surface area contributed by atoms with Crippen molar-refractivity contribution in [2.45, 2.75) is 0 Å². The smallest absolute Gasteiger partial charge is 0.0602 e. The first-order valence-corrected chi connectivity index (χ1v) is 2.10. The molecule has 0 bridgehead atoms. The van der Waals surface area contributed by atoms with Gasteiger partial charge in [0.05, 0.1) is 6.54 Å². The topological polar surface area (TPSA) is 38.4 Å². The second kappa shape index (κ2) is 3.56. The molecule has 0 saturated carbocycles. The lowest BCUT2D eigenvalue weighted by Gasteiger charge is -1.91. The van der Waals surface area contributed by atoms with Gasteiger partial charge in [-0.25, -0.2) is 0 Å². The van der Waals surface area contributed by atoms with E-state index in [1.165, 1.54) is 0 Å². The Hall–Kier alpha value is -0.630. The molecule has 0 aromatic heterocycles. The molecular formula is C5H10N2. The van der Waals surface area contributed by atoms with Crippen LogP contribution in [0.15, 0.2) is 17.1 Å². The van der Waals surface area contributed by atoms with Crippen molar-refractivity contribution in [2.75, 3.05) is 13.1 Å². The molecule has 0 aliphatic carbocycles. The van der Waals surface area contributed by atoms with Crippen LogP contribution in [-0.2, 0) is 0 Å². The van der Waals surface area contributed by atoms with E-state index in [1.807, 2.05) is 0 Å². The normalized spacial score (nSPS) is 8.14. The van der Waals surface area contributed by atoms with Crippen LogP contribution in [0.5, 0.6) is 0 Å². The molecule has 2 N–H and O–H groups in total. The quantitative estimate of drug-likeness (QED) is 0.397. The zero-order valence-corrected chi connectivity index (χ0v) is 4.35. The Morgan fingerprint density at radius 3 is 2.43 bits per heavy atom. The number of aliphatic imine (C=N–C) groups is 1. The molecule has 0 aliphatic rings. The van der Waals surface area contributed by atoms with Gasteiger partial charge in [0.1, 0.15) is 0 Å². The molecular weight excluding hydrogens is 88.1 g/mol. The molecule has 0 rings (SSSR count). The summed E-state index contributed by atoms with van der Waals surface area (Å²) >= 11 is 0. The largest absolute Gasteiger partial charge is 0.327 e. The van der Waals surface area contributed by atoms with Crippen LogP contribution in [-0.4, -0.2) is 19.8 Å². The molecule has 0 radical (unpaired) electrons. The monoisotopic (exact) mass is 98.1 g/mol. The minimum Gasteiger partial charge on any atom is -0.327 e. The van der Waals surface area contributed by atoms with Crippen molar-refractivity contribution in [2.24, 2.45) is 10.7 Å². The van der Waals surface area contributed by atoms with Gasteiger partial charge in [0.25, 0.3) is 0 Å². The van der Waals surface area contributed by atoms with Crippen LogP contribution in [0.1, 0.15) is 0 Å². The average molecular weight is 98.1 g/mol. The maximum Gasteiger partial charge on any atom is 0.0602 e. The minimum atomic E-state index is 0.513. The maximum absolute atomic E-state index is 5.17. The standard InChI is InChI=1S/C5H10N2/c1-5(3-6)4-7-2/h1-4,6H2. The van der Waals surface area contributed by atoms with Crippen molar-refractivity contribution in [3.8, 4) is 0 Å². The summed E-state index contributed by atoms with van der Waals surface area (Å²) in [6.07, 6.45) is 0. The Labute approximate surface area is 43.7 Å². The molecule has 0 amide bonds. The summed E-state index contributed by atoms with van der Waals surface area (Å²) in [6.45, 7) is 7.99. The Bertz CT molecular complexity index is 76.1.